The lowest BCUT2D eigenvalue weighted by molar-refractivity contribution is -0.126. The van der Waals surface area contributed by atoms with Crippen LogP contribution in [0.2, 0.25) is 0 Å². The van der Waals surface area contributed by atoms with Crippen LogP contribution in [-0.2, 0) is 17.4 Å². The van der Waals surface area contributed by atoms with Gasteiger partial charge in [0, 0.05) is 42.2 Å². The monoisotopic (exact) mass is 532 g/mol. The Bertz CT molecular complexity index is 1040. The van der Waals surface area contributed by atoms with E-state index in [0.717, 1.165) is 50.4 Å². The summed E-state index contributed by atoms with van der Waals surface area (Å²) in [6, 6.07) is 2.10. The van der Waals surface area contributed by atoms with Gasteiger partial charge in [0.25, 0.3) is 0 Å². The number of fused-ring (bicyclic) bond motifs is 1. The number of hydrogen-bond donors (Lipinski definition) is 2. The SMILES string of the molecule is CN1CCC2(CCN(c3nc(N)nc4sc(CC(F)(F)F)cc34)C2)C1.CS(=O)NC1CCCCC1. The first kappa shape index (κ1) is 26.6. The lowest BCUT2D eigenvalue weighted by atomic mass is 9.86. The van der Waals surface area contributed by atoms with Gasteiger partial charge >= 0.3 is 6.18 Å². The van der Waals surface area contributed by atoms with E-state index in [2.05, 4.69) is 31.5 Å². The second kappa shape index (κ2) is 10.9. The largest absolute Gasteiger partial charge is 0.393 e. The van der Waals surface area contributed by atoms with Crippen molar-refractivity contribution < 1.29 is 17.4 Å². The van der Waals surface area contributed by atoms with Gasteiger partial charge in [0.05, 0.1) is 22.8 Å². The molecule has 5 rings (SSSR count). The minimum atomic E-state index is -4.23. The van der Waals surface area contributed by atoms with Gasteiger partial charge in [-0.3, -0.25) is 0 Å². The van der Waals surface area contributed by atoms with E-state index in [1.54, 1.807) is 12.3 Å². The zero-order valence-corrected chi connectivity index (χ0v) is 22.0. The number of nitrogen functional groups attached to an aromatic ring is 1. The van der Waals surface area contributed by atoms with Crippen molar-refractivity contribution in [1.82, 2.24) is 19.6 Å². The van der Waals surface area contributed by atoms with Crippen molar-refractivity contribution in [2.24, 2.45) is 5.41 Å². The number of likely N-dealkylation sites (tertiary alicyclic amines) is 1. The van der Waals surface area contributed by atoms with Crippen LogP contribution in [0, 0.1) is 5.41 Å². The predicted molar refractivity (Wildman–Crippen MR) is 137 cm³/mol. The minimum absolute atomic E-state index is 0.118. The third-order valence-corrected chi connectivity index (χ3v) is 8.81. The standard InChI is InChI=1S/C16H20F3N5S.C7H15NOS/c1-23-4-2-15(8-23)3-5-24(9-15)12-11-6-10(7-16(17,18)19)25-13(11)22-14(20)21-12;1-10(9)8-7-5-3-2-4-6-7/h6H,2-5,7-9H2,1H3,(H2,20,21,22);7-8H,2-6H2,1H3. The number of nitrogens with one attached hydrogen (secondary N) is 1. The Morgan fingerprint density at radius 3 is 2.54 bits per heavy atom. The van der Waals surface area contributed by atoms with E-state index in [-0.39, 0.29) is 16.2 Å². The maximum atomic E-state index is 12.7. The molecule has 35 heavy (non-hydrogen) atoms. The summed E-state index contributed by atoms with van der Waals surface area (Å²) in [4.78, 5) is 13.8. The van der Waals surface area contributed by atoms with Crippen LogP contribution in [0.25, 0.3) is 10.2 Å². The number of nitrogens with zero attached hydrogens (tertiary/aromatic N) is 4. The minimum Gasteiger partial charge on any atom is -0.368 e. The molecule has 2 unspecified atom stereocenters. The Morgan fingerprint density at radius 1 is 1.20 bits per heavy atom. The first-order valence-electron chi connectivity index (χ1n) is 12.2. The van der Waals surface area contributed by atoms with Gasteiger partial charge in [0.1, 0.15) is 10.6 Å². The Kier molecular flexibility index (Phi) is 8.24. The Morgan fingerprint density at radius 2 is 1.91 bits per heavy atom. The number of nitrogens with two attached hydrogens (primary N) is 1. The van der Waals surface area contributed by atoms with Crippen molar-refractivity contribution in [2.75, 3.05) is 50.1 Å². The molecule has 3 aliphatic rings. The molecule has 2 aliphatic heterocycles. The van der Waals surface area contributed by atoms with Crippen molar-refractivity contribution in [1.29, 1.82) is 0 Å². The van der Waals surface area contributed by atoms with Crippen molar-refractivity contribution in [2.45, 2.75) is 63.6 Å². The average molecular weight is 533 g/mol. The summed E-state index contributed by atoms with van der Waals surface area (Å²) in [5, 5.41) is 0.682. The van der Waals surface area contributed by atoms with E-state index < -0.39 is 23.6 Å². The molecule has 2 atom stereocenters. The van der Waals surface area contributed by atoms with Gasteiger partial charge in [0.15, 0.2) is 0 Å². The van der Waals surface area contributed by atoms with Crippen molar-refractivity contribution in [3.8, 4) is 0 Å². The average Bonchev–Trinajstić information content (AvgIpc) is 3.45. The molecule has 1 aliphatic carbocycles. The summed E-state index contributed by atoms with van der Waals surface area (Å²) in [5.41, 5.74) is 6.08. The highest BCUT2D eigenvalue weighted by atomic mass is 32.2. The molecule has 12 heteroatoms. The molecule has 1 spiro atoms. The van der Waals surface area contributed by atoms with Gasteiger partial charge in [0.2, 0.25) is 5.95 Å². The van der Waals surface area contributed by atoms with E-state index in [9.17, 15) is 17.4 Å². The van der Waals surface area contributed by atoms with Gasteiger partial charge in [-0.2, -0.15) is 18.2 Å². The second-order valence-corrected chi connectivity index (χ2v) is 12.5. The Hall–Kier alpha value is -1.50. The molecule has 3 fully saturated rings. The van der Waals surface area contributed by atoms with E-state index >= 15 is 0 Å². The Labute approximate surface area is 211 Å². The van der Waals surface area contributed by atoms with Crippen LogP contribution in [0.1, 0.15) is 49.8 Å². The number of rotatable bonds is 4. The van der Waals surface area contributed by atoms with Gasteiger partial charge in [-0.15, -0.1) is 11.3 Å². The summed E-state index contributed by atoms with van der Waals surface area (Å²) < 4.78 is 51.9. The third kappa shape index (κ3) is 7.05. The smallest absolute Gasteiger partial charge is 0.368 e. The van der Waals surface area contributed by atoms with Crippen molar-refractivity contribution >= 4 is 44.3 Å². The first-order chi connectivity index (χ1) is 16.5. The van der Waals surface area contributed by atoms with E-state index in [1.165, 1.54) is 32.1 Å². The topological polar surface area (TPSA) is 87.4 Å². The molecule has 2 aromatic rings. The quantitative estimate of drug-likeness (QED) is 0.616. The fourth-order valence-electron chi connectivity index (χ4n) is 5.56. The zero-order chi connectivity index (χ0) is 25.2. The summed E-state index contributed by atoms with van der Waals surface area (Å²) in [6.07, 6.45) is 5.12. The molecule has 4 heterocycles. The van der Waals surface area contributed by atoms with Crippen LogP contribution in [0.15, 0.2) is 6.07 Å². The maximum Gasteiger partial charge on any atom is 0.393 e. The highest BCUT2D eigenvalue weighted by Crippen LogP contribution is 2.42. The van der Waals surface area contributed by atoms with Crippen molar-refractivity contribution in [3.63, 3.8) is 0 Å². The lowest BCUT2D eigenvalue weighted by Crippen LogP contribution is -2.31. The molecule has 0 radical (unpaired) electrons. The van der Waals surface area contributed by atoms with Crippen LogP contribution in [0.5, 0.6) is 0 Å². The van der Waals surface area contributed by atoms with E-state index in [1.807, 2.05) is 0 Å². The normalized spacial score (nSPS) is 24.8. The van der Waals surface area contributed by atoms with Crippen LogP contribution >= 0.6 is 11.3 Å². The summed E-state index contributed by atoms with van der Waals surface area (Å²) in [5.74, 6) is 0.797. The zero-order valence-electron chi connectivity index (χ0n) is 20.4. The number of alkyl halides is 3. The fourth-order valence-corrected chi connectivity index (χ4v) is 7.33. The summed E-state index contributed by atoms with van der Waals surface area (Å²) in [7, 11) is 1.31. The van der Waals surface area contributed by atoms with Gasteiger partial charge in [-0.1, -0.05) is 19.3 Å². The van der Waals surface area contributed by atoms with Crippen LogP contribution < -0.4 is 15.4 Å². The highest BCUT2D eigenvalue weighted by molar-refractivity contribution is 7.82. The van der Waals surface area contributed by atoms with E-state index in [0.29, 0.717) is 22.1 Å². The molecular weight excluding hydrogens is 497 g/mol. The number of halogens is 3. The fraction of sp³-hybridized carbons (Fsp3) is 0.739. The van der Waals surface area contributed by atoms with Crippen LogP contribution in [-0.4, -0.2) is 70.8 Å². The van der Waals surface area contributed by atoms with Gasteiger partial charge < -0.3 is 15.5 Å². The third-order valence-electron chi connectivity index (χ3n) is 7.12. The molecule has 196 valence electrons. The second-order valence-electron chi connectivity index (χ2n) is 10.2. The number of thiophene rings is 1. The molecule has 2 aromatic heterocycles. The first-order valence-corrected chi connectivity index (χ1v) is 14.6. The van der Waals surface area contributed by atoms with Crippen molar-refractivity contribution in [3.05, 3.63) is 10.9 Å². The van der Waals surface area contributed by atoms with E-state index in [4.69, 9.17) is 5.73 Å². The number of hydrogen-bond acceptors (Lipinski definition) is 7. The number of aromatic nitrogens is 2. The molecule has 0 aromatic carbocycles. The summed E-state index contributed by atoms with van der Waals surface area (Å²) in [6.45, 7) is 3.86. The molecule has 7 nitrogen and oxygen atoms in total. The molecule has 2 saturated heterocycles. The maximum absolute atomic E-state index is 12.7. The molecule has 1 saturated carbocycles. The molecular formula is C23H35F3N6OS2. The predicted octanol–water partition coefficient (Wildman–Crippen LogP) is 4.11. The van der Waals surface area contributed by atoms with Gasteiger partial charge in [-0.05, 0) is 45.3 Å². The molecule has 3 N–H and O–H groups in total. The van der Waals surface area contributed by atoms with Crippen LogP contribution in [0.3, 0.4) is 0 Å². The van der Waals surface area contributed by atoms with Gasteiger partial charge in [-0.25, -0.2) is 13.9 Å². The molecule has 0 bridgehead atoms. The lowest BCUT2D eigenvalue weighted by Gasteiger charge is -2.24. The summed E-state index contributed by atoms with van der Waals surface area (Å²) >= 11 is 1.05. The Balaban J connectivity index is 0.000000243. The highest BCUT2D eigenvalue weighted by Gasteiger charge is 2.43. The van der Waals surface area contributed by atoms with Crippen LogP contribution in [0.4, 0.5) is 24.9 Å². The number of anilines is 2. The molecule has 0 amide bonds.